The Morgan fingerprint density at radius 1 is 1.06 bits per heavy atom. The topological polar surface area (TPSA) is 6.48 Å². The van der Waals surface area contributed by atoms with Crippen LogP contribution in [-0.2, 0) is 0 Å². The zero-order valence-electron chi connectivity index (χ0n) is 10.6. The molecular weight excluding hydrogens is 288 g/mol. The van der Waals surface area contributed by atoms with Crippen molar-refractivity contribution in [3.63, 3.8) is 0 Å². The second kappa shape index (κ2) is 5.45. The third-order valence-electron chi connectivity index (χ3n) is 3.88. The summed E-state index contributed by atoms with van der Waals surface area (Å²) in [7, 11) is 0. The first-order chi connectivity index (χ1) is 8.84. The Bertz CT molecular complexity index is 450. The molecule has 3 rings (SSSR count). The SMILES string of the molecule is BrC1=CCN(CCN2CCCC2)c2ccccc21. The molecule has 2 heterocycles. The predicted octanol–water partition coefficient (Wildman–Crippen LogP) is 3.34. The Morgan fingerprint density at radius 3 is 2.67 bits per heavy atom. The highest BCUT2D eigenvalue weighted by Crippen LogP contribution is 2.34. The molecule has 2 nitrogen and oxygen atoms in total. The lowest BCUT2D eigenvalue weighted by Crippen LogP contribution is -2.35. The number of benzene rings is 1. The van der Waals surface area contributed by atoms with Gasteiger partial charge >= 0.3 is 0 Å². The first kappa shape index (κ1) is 12.2. The molecule has 0 unspecified atom stereocenters. The van der Waals surface area contributed by atoms with E-state index in [1.165, 1.54) is 48.2 Å². The number of para-hydroxylation sites is 1. The second-order valence-corrected chi connectivity index (χ2v) is 5.92. The molecule has 0 radical (unpaired) electrons. The molecule has 1 fully saturated rings. The fraction of sp³-hybridized carbons (Fsp3) is 0.467. The monoisotopic (exact) mass is 306 g/mol. The molecule has 1 aromatic rings. The highest BCUT2D eigenvalue weighted by Gasteiger charge is 2.18. The molecule has 0 aromatic heterocycles. The molecule has 1 saturated heterocycles. The van der Waals surface area contributed by atoms with Crippen molar-refractivity contribution in [1.29, 1.82) is 0 Å². The number of hydrogen-bond acceptors (Lipinski definition) is 2. The molecule has 3 heteroatoms. The van der Waals surface area contributed by atoms with E-state index in [4.69, 9.17) is 0 Å². The number of likely N-dealkylation sites (tertiary alicyclic amines) is 1. The van der Waals surface area contributed by atoms with Crippen molar-refractivity contribution in [2.45, 2.75) is 12.8 Å². The summed E-state index contributed by atoms with van der Waals surface area (Å²) in [5, 5.41) is 0. The third-order valence-corrected chi connectivity index (χ3v) is 4.63. The van der Waals surface area contributed by atoms with E-state index in [0.717, 1.165) is 13.1 Å². The Morgan fingerprint density at radius 2 is 1.83 bits per heavy atom. The molecule has 2 aliphatic rings. The quantitative estimate of drug-likeness (QED) is 0.845. The number of hydrogen-bond donors (Lipinski definition) is 0. The van der Waals surface area contributed by atoms with Crippen LogP contribution in [0.25, 0.3) is 4.48 Å². The standard InChI is InChI=1S/C15H19BrN2/c16-14-7-10-18(12-11-17-8-3-4-9-17)15-6-2-1-5-13(14)15/h1-2,5-7H,3-4,8-12H2. The average Bonchev–Trinajstić information content (AvgIpc) is 2.92. The van der Waals surface area contributed by atoms with Crippen molar-refractivity contribution in [2.75, 3.05) is 37.6 Å². The van der Waals surface area contributed by atoms with Gasteiger partial charge < -0.3 is 9.80 Å². The summed E-state index contributed by atoms with van der Waals surface area (Å²) in [6.07, 6.45) is 5.02. The predicted molar refractivity (Wildman–Crippen MR) is 81.2 cm³/mol. The van der Waals surface area contributed by atoms with Crippen molar-refractivity contribution in [2.24, 2.45) is 0 Å². The van der Waals surface area contributed by atoms with Gasteiger partial charge in [-0.25, -0.2) is 0 Å². The van der Waals surface area contributed by atoms with Gasteiger partial charge in [0.05, 0.1) is 0 Å². The normalized spacial score (nSPS) is 19.8. The molecule has 0 amide bonds. The lowest BCUT2D eigenvalue weighted by molar-refractivity contribution is 0.345. The minimum Gasteiger partial charge on any atom is -0.366 e. The lowest BCUT2D eigenvalue weighted by Gasteiger charge is -2.31. The van der Waals surface area contributed by atoms with Gasteiger partial charge in [0.25, 0.3) is 0 Å². The number of anilines is 1. The van der Waals surface area contributed by atoms with Gasteiger partial charge in [-0.05, 0) is 32.0 Å². The van der Waals surface area contributed by atoms with Crippen LogP contribution in [0.3, 0.4) is 0 Å². The summed E-state index contributed by atoms with van der Waals surface area (Å²) in [6, 6.07) is 8.66. The maximum absolute atomic E-state index is 3.66. The van der Waals surface area contributed by atoms with Crippen molar-refractivity contribution in [1.82, 2.24) is 4.90 Å². The summed E-state index contributed by atoms with van der Waals surface area (Å²) in [5.41, 5.74) is 2.69. The van der Waals surface area contributed by atoms with Crippen molar-refractivity contribution in [3.8, 4) is 0 Å². The Hall–Kier alpha value is -0.800. The number of rotatable bonds is 3. The smallest absolute Gasteiger partial charge is 0.0454 e. The van der Waals surface area contributed by atoms with Gasteiger partial charge in [0.2, 0.25) is 0 Å². The Balaban J connectivity index is 1.70. The highest BCUT2D eigenvalue weighted by molar-refractivity contribution is 9.15. The van der Waals surface area contributed by atoms with Crippen LogP contribution in [0.15, 0.2) is 30.3 Å². The molecule has 0 bridgehead atoms. The molecular formula is C15H19BrN2. The molecule has 0 atom stereocenters. The van der Waals surface area contributed by atoms with Gasteiger partial charge in [-0.1, -0.05) is 40.2 Å². The fourth-order valence-electron chi connectivity index (χ4n) is 2.83. The van der Waals surface area contributed by atoms with Crippen LogP contribution < -0.4 is 4.90 Å². The van der Waals surface area contributed by atoms with Gasteiger partial charge in [-0.2, -0.15) is 0 Å². The van der Waals surface area contributed by atoms with Crippen molar-refractivity contribution >= 4 is 26.1 Å². The zero-order valence-corrected chi connectivity index (χ0v) is 12.2. The lowest BCUT2D eigenvalue weighted by atomic mass is 10.1. The van der Waals surface area contributed by atoms with E-state index in [1.807, 2.05) is 0 Å². The van der Waals surface area contributed by atoms with E-state index in [1.54, 1.807) is 0 Å². The fourth-order valence-corrected chi connectivity index (χ4v) is 3.31. The van der Waals surface area contributed by atoms with Crippen LogP contribution in [0.5, 0.6) is 0 Å². The largest absolute Gasteiger partial charge is 0.366 e. The first-order valence-corrected chi connectivity index (χ1v) is 7.56. The van der Waals surface area contributed by atoms with Gasteiger partial charge in [0.1, 0.15) is 0 Å². The van der Waals surface area contributed by atoms with Crippen LogP contribution in [0.1, 0.15) is 18.4 Å². The molecule has 96 valence electrons. The van der Waals surface area contributed by atoms with Gasteiger partial charge in [0.15, 0.2) is 0 Å². The molecule has 0 N–H and O–H groups in total. The average molecular weight is 307 g/mol. The van der Waals surface area contributed by atoms with Crippen LogP contribution in [0.2, 0.25) is 0 Å². The molecule has 2 aliphatic heterocycles. The van der Waals surface area contributed by atoms with Gasteiger partial charge in [-0.3, -0.25) is 0 Å². The molecule has 0 aliphatic carbocycles. The van der Waals surface area contributed by atoms with Gasteiger partial charge in [-0.15, -0.1) is 0 Å². The van der Waals surface area contributed by atoms with E-state index < -0.39 is 0 Å². The number of halogens is 1. The van der Waals surface area contributed by atoms with Crippen LogP contribution in [0, 0.1) is 0 Å². The third kappa shape index (κ3) is 2.47. The van der Waals surface area contributed by atoms with E-state index in [2.05, 4.69) is 56.1 Å². The number of fused-ring (bicyclic) bond motifs is 1. The molecule has 0 spiro atoms. The first-order valence-electron chi connectivity index (χ1n) is 6.77. The summed E-state index contributed by atoms with van der Waals surface area (Å²) < 4.78 is 1.23. The van der Waals surface area contributed by atoms with Crippen molar-refractivity contribution in [3.05, 3.63) is 35.9 Å². The Kier molecular flexibility index (Phi) is 3.71. The highest BCUT2D eigenvalue weighted by atomic mass is 79.9. The molecule has 18 heavy (non-hydrogen) atoms. The summed E-state index contributed by atoms with van der Waals surface area (Å²) in [4.78, 5) is 5.06. The van der Waals surface area contributed by atoms with Crippen LogP contribution in [0.4, 0.5) is 5.69 Å². The van der Waals surface area contributed by atoms with Gasteiger partial charge in [0, 0.05) is 35.4 Å². The maximum Gasteiger partial charge on any atom is 0.0454 e. The summed E-state index contributed by atoms with van der Waals surface area (Å²) in [5.74, 6) is 0. The zero-order chi connectivity index (χ0) is 12.4. The Labute approximate surface area is 117 Å². The minimum absolute atomic E-state index is 1.02. The summed E-state index contributed by atoms with van der Waals surface area (Å²) >= 11 is 3.66. The second-order valence-electron chi connectivity index (χ2n) is 5.06. The van der Waals surface area contributed by atoms with Crippen LogP contribution in [-0.4, -0.2) is 37.6 Å². The van der Waals surface area contributed by atoms with E-state index in [0.29, 0.717) is 0 Å². The van der Waals surface area contributed by atoms with E-state index >= 15 is 0 Å². The number of nitrogens with zero attached hydrogens (tertiary/aromatic N) is 2. The maximum atomic E-state index is 3.66. The molecule has 0 saturated carbocycles. The molecule has 1 aromatic carbocycles. The van der Waals surface area contributed by atoms with E-state index in [9.17, 15) is 0 Å². The summed E-state index contributed by atoms with van der Waals surface area (Å²) in [6.45, 7) is 5.92. The van der Waals surface area contributed by atoms with Crippen molar-refractivity contribution < 1.29 is 0 Å². The van der Waals surface area contributed by atoms with Crippen LogP contribution >= 0.6 is 15.9 Å². The minimum atomic E-state index is 1.02. The van der Waals surface area contributed by atoms with E-state index in [-0.39, 0.29) is 0 Å².